The highest BCUT2D eigenvalue weighted by atomic mass is 16.5. The van der Waals surface area contributed by atoms with Crippen molar-refractivity contribution in [3.8, 4) is 11.8 Å². The summed E-state index contributed by atoms with van der Waals surface area (Å²) in [5.74, 6) is 5.93. The molecule has 0 radical (unpaired) electrons. The maximum atomic E-state index is 8.97. The van der Waals surface area contributed by atoms with Crippen LogP contribution in [0.5, 0.6) is 0 Å². The van der Waals surface area contributed by atoms with Crippen LogP contribution < -0.4 is 0 Å². The number of allylic oxidation sites excluding steroid dienone is 1. The van der Waals surface area contributed by atoms with E-state index in [-0.39, 0.29) is 13.2 Å². The zero-order chi connectivity index (χ0) is 13.5. The van der Waals surface area contributed by atoms with Crippen molar-refractivity contribution in [1.82, 2.24) is 0 Å². The van der Waals surface area contributed by atoms with Gasteiger partial charge in [-0.25, -0.2) is 0 Å². The molecule has 1 atom stereocenters. The normalized spacial score (nSPS) is 12.2. The Hall–Kier alpha value is -0.980. The Kier molecular flexibility index (Phi) is 13.3. The molecule has 2 N–H and O–H groups in total. The van der Waals surface area contributed by atoms with Crippen LogP contribution in [0.4, 0.5) is 0 Å². The second kappa shape index (κ2) is 14.1. The monoisotopic (exact) mass is 254 g/mol. The fraction of sp³-hybridized carbons (Fsp3) is 0.733. The molecule has 0 heterocycles. The van der Waals surface area contributed by atoms with E-state index in [4.69, 9.17) is 14.9 Å². The molecule has 0 saturated heterocycles. The van der Waals surface area contributed by atoms with Crippen molar-refractivity contribution in [2.24, 2.45) is 0 Å². The fourth-order valence-corrected chi connectivity index (χ4v) is 1.43. The first-order valence-corrected chi connectivity index (χ1v) is 6.85. The lowest BCUT2D eigenvalue weighted by atomic mass is 10.1. The van der Waals surface area contributed by atoms with Crippen molar-refractivity contribution in [3.05, 3.63) is 12.3 Å². The smallest absolute Gasteiger partial charge is 0.115 e. The van der Waals surface area contributed by atoms with Gasteiger partial charge in [0.1, 0.15) is 12.7 Å². The summed E-state index contributed by atoms with van der Waals surface area (Å²) >= 11 is 0. The summed E-state index contributed by atoms with van der Waals surface area (Å²) in [7, 11) is 0. The Bertz CT molecular complexity index is 250. The van der Waals surface area contributed by atoms with Gasteiger partial charge in [0, 0.05) is 12.5 Å². The number of hydrogen-bond donors (Lipinski definition) is 2. The lowest BCUT2D eigenvalue weighted by Crippen LogP contribution is -2.17. The number of unbranched alkanes of at least 4 members (excludes halogenated alkanes) is 6. The van der Waals surface area contributed by atoms with Gasteiger partial charge in [0.15, 0.2) is 0 Å². The largest absolute Gasteiger partial charge is 0.498 e. The molecule has 0 fully saturated rings. The van der Waals surface area contributed by atoms with Crippen molar-refractivity contribution < 1.29 is 14.9 Å². The molecular formula is C15H26O3. The van der Waals surface area contributed by atoms with Crippen LogP contribution >= 0.6 is 0 Å². The lowest BCUT2D eigenvalue weighted by molar-refractivity contribution is 0.0385. The molecule has 0 aliphatic heterocycles. The van der Waals surface area contributed by atoms with Gasteiger partial charge in [0.25, 0.3) is 0 Å². The second-order valence-corrected chi connectivity index (χ2v) is 4.31. The van der Waals surface area contributed by atoms with Crippen LogP contribution in [-0.2, 0) is 4.74 Å². The molecule has 3 heteroatoms. The first-order valence-electron chi connectivity index (χ1n) is 6.85. The molecule has 1 unspecified atom stereocenters. The molecule has 0 rings (SSSR count). The topological polar surface area (TPSA) is 49.7 Å². The van der Waals surface area contributed by atoms with Crippen molar-refractivity contribution in [1.29, 1.82) is 0 Å². The van der Waals surface area contributed by atoms with E-state index in [2.05, 4.69) is 18.8 Å². The van der Waals surface area contributed by atoms with Crippen LogP contribution in [-0.4, -0.2) is 29.5 Å². The van der Waals surface area contributed by atoms with E-state index in [1.807, 2.05) is 0 Å². The first-order chi connectivity index (χ1) is 8.81. The van der Waals surface area contributed by atoms with Gasteiger partial charge in [0.2, 0.25) is 0 Å². The second-order valence-electron chi connectivity index (χ2n) is 4.31. The predicted molar refractivity (Wildman–Crippen MR) is 74.0 cm³/mol. The zero-order valence-corrected chi connectivity index (χ0v) is 11.4. The zero-order valence-electron chi connectivity index (χ0n) is 11.4. The summed E-state index contributed by atoms with van der Waals surface area (Å²) in [5.41, 5.74) is 0. The molecule has 104 valence electrons. The third-order valence-corrected chi connectivity index (χ3v) is 2.50. The number of rotatable bonds is 10. The molecule has 3 nitrogen and oxygen atoms in total. The molecule has 0 aliphatic rings. The van der Waals surface area contributed by atoms with Crippen molar-refractivity contribution in [3.63, 3.8) is 0 Å². The van der Waals surface area contributed by atoms with Crippen LogP contribution in [0, 0.1) is 11.8 Å². The van der Waals surface area contributed by atoms with Gasteiger partial charge >= 0.3 is 0 Å². The number of hydrogen-bond acceptors (Lipinski definition) is 3. The summed E-state index contributed by atoms with van der Waals surface area (Å²) in [5, 5.41) is 17.5. The summed E-state index contributed by atoms with van der Waals surface area (Å²) in [6.07, 6.45) is 10.9. The molecule has 0 amide bonds. The number of ether oxygens (including phenoxy) is 1. The lowest BCUT2D eigenvalue weighted by Gasteiger charge is -2.04. The van der Waals surface area contributed by atoms with Gasteiger partial charge in [-0.1, -0.05) is 50.9 Å². The molecule has 0 aromatic carbocycles. The maximum Gasteiger partial charge on any atom is 0.115 e. The number of aliphatic hydroxyl groups excluding tert-OH is 2. The Morgan fingerprint density at radius 1 is 1.17 bits per heavy atom. The van der Waals surface area contributed by atoms with E-state index in [0.717, 1.165) is 12.8 Å². The fourth-order valence-electron chi connectivity index (χ4n) is 1.43. The van der Waals surface area contributed by atoms with Gasteiger partial charge in [-0.05, 0) is 6.42 Å². The van der Waals surface area contributed by atoms with Gasteiger partial charge in [-0.2, -0.15) is 0 Å². The third kappa shape index (κ3) is 13.1. The maximum absolute atomic E-state index is 8.97. The predicted octanol–water partition coefficient (Wildman–Crippen LogP) is 2.62. The molecular weight excluding hydrogens is 228 g/mol. The summed E-state index contributed by atoms with van der Waals surface area (Å²) in [4.78, 5) is 0. The van der Waals surface area contributed by atoms with Gasteiger partial charge in [0.05, 0.1) is 12.9 Å². The van der Waals surface area contributed by atoms with Crippen LogP contribution in [0.2, 0.25) is 0 Å². The molecule has 0 aromatic rings. The van der Waals surface area contributed by atoms with Gasteiger partial charge < -0.3 is 14.9 Å². The van der Waals surface area contributed by atoms with Crippen LogP contribution in [0.1, 0.15) is 51.9 Å². The average Bonchev–Trinajstić information content (AvgIpc) is 2.39. The quantitative estimate of drug-likeness (QED) is 0.358. The molecule has 0 bridgehead atoms. The Balaban J connectivity index is 3.30. The minimum absolute atomic E-state index is 0.103. The molecule has 0 spiro atoms. The van der Waals surface area contributed by atoms with E-state index in [1.54, 1.807) is 6.08 Å². The Morgan fingerprint density at radius 2 is 1.89 bits per heavy atom. The third-order valence-electron chi connectivity index (χ3n) is 2.50. The molecule has 0 aromatic heterocycles. The van der Waals surface area contributed by atoms with Crippen molar-refractivity contribution in [2.75, 3.05) is 13.2 Å². The average molecular weight is 254 g/mol. The van der Waals surface area contributed by atoms with E-state index in [1.165, 1.54) is 38.4 Å². The molecule has 18 heavy (non-hydrogen) atoms. The summed E-state index contributed by atoms with van der Waals surface area (Å²) in [6.45, 7) is 2.04. The van der Waals surface area contributed by atoms with E-state index in [9.17, 15) is 0 Å². The van der Waals surface area contributed by atoms with Crippen LogP contribution in [0.15, 0.2) is 12.3 Å². The van der Waals surface area contributed by atoms with Crippen molar-refractivity contribution >= 4 is 0 Å². The molecule has 0 aliphatic carbocycles. The van der Waals surface area contributed by atoms with E-state index in [0.29, 0.717) is 0 Å². The first kappa shape index (κ1) is 17.0. The van der Waals surface area contributed by atoms with Crippen LogP contribution in [0.25, 0.3) is 0 Å². The standard InChI is InChI=1S/C15H26O3/c1-2-3-4-5-6-7-8-9-10-11-12-18-14-15(17)13-16/h11-12,15-17H,2-8,13-14H2,1H3/b12-11-. The number of aliphatic hydroxyl groups is 2. The van der Waals surface area contributed by atoms with Gasteiger partial charge in [-0.15, -0.1) is 0 Å². The highest BCUT2D eigenvalue weighted by molar-refractivity contribution is 5.13. The highest BCUT2D eigenvalue weighted by Crippen LogP contribution is 2.05. The SMILES string of the molecule is CCCCCCCCC#C/C=C\OCC(O)CO. The van der Waals surface area contributed by atoms with Crippen molar-refractivity contribution in [2.45, 2.75) is 58.0 Å². The summed E-state index contributed by atoms with van der Waals surface area (Å²) in [6, 6.07) is 0. The van der Waals surface area contributed by atoms with Gasteiger partial charge in [-0.3, -0.25) is 0 Å². The highest BCUT2D eigenvalue weighted by Gasteiger charge is 1.98. The summed E-state index contributed by atoms with van der Waals surface area (Å²) < 4.78 is 4.97. The van der Waals surface area contributed by atoms with E-state index >= 15 is 0 Å². The van der Waals surface area contributed by atoms with Crippen LogP contribution in [0.3, 0.4) is 0 Å². The Labute approximate surface area is 111 Å². The van der Waals surface area contributed by atoms with E-state index < -0.39 is 6.10 Å². The minimum atomic E-state index is -0.814. The minimum Gasteiger partial charge on any atom is -0.498 e. The molecule has 0 saturated carbocycles. The Morgan fingerprint density at radius 3 is 2.61 bits per heavy atom.